The Morgan fingerprint density at radius 3 is 2.32 bits per heavy atom. The van der Waals surface area contributed by atoms with Gasteiger partial charge in [-0.1, -0.05) is 25.5 Å². The summed E-state index contributed by atoms with van der Waals surface area (Å²) in [4.78, 5) is 22.6. The summed E-state index contributed by atoms with van der Waals surface area (Å²) < 4.78 is 5.02. The fourth-order valence-corrected chi connectivity index (χ4v) is 1.29. The first-order valence-corrected chi connectivity index (χ1v) is 6.29. The lowest BCUT2D eigenvalue weighted by Gasteiger charge is -2.11. The highest BCUT2D eigenvalue weighted by molar-refractivity contribution is 5.96. The van der Waals surface area contributed by atoms with Gasteiger partial charge in [-0.15, -0.1) is 0 Å². The topological polar surface area (TPSA) is 81.4 Å². The van der Waals surface area contributed by atoms with Gasteiger partial charge in [-0.2, -0.15) is 0 Å². The normalized spacial score (nSPS) is 9.37. The van der Waals surface area contributed by atoms with Crippen LogP contribution in [0.1, 0.15) is 43.6 Å². The number of carbonyl (C=O) groups excluding carboxylic acids is 2. The molecule has 0 unspecified atom stereocenters. The predicted octanol–water partition coefficient (Wildman–Crippen LogP) is 2.62. The highest BCUT2D eigenvalue weighted by Gasteiger charge is 2.13. The molecule has 0 fully saturated rings. The first-order valence-electron chi connectivity index (χ1n) is 6.29. The second kappa shape index (κ2) is 8.13. The first-order chi connectivity index (χ1) is 8.90. The summed E-state index contributed by atoms with van der Waals surface area (Å²) in [5, 5.41) is 2.56. The van der Waals surface area contributed by atoms with Gasteiger partial charge in [0, 0.05) is 6.04 Å². The molecule has 0 heterocycles. The van der Waals surface area contributed by atoms with Crippen LogP contribution in [0.4, 0.5) is 4.79 Å². The Labute approximate surface area is 114 Å². The van der Waals surface area contributed by atoms with Crippen molar-refractivity contribution in [1.29, 1.82) is 0 Å². The molecule has 1 aromatic carbocycles. The number of benzene rings is 1. The molecule has 0 spiro atoms. The highest BCUT2D eigenvalue weighted by atomic mass is 16.6. The standard InChI is InChI=1S/C12H16N2O3.C2H6/c1-7(2)14-12(16)17-10-5-4-8(3)6-9(10)11(13)15;1-2/h4-7H,1-3H3,(H2,13,15)(H,14,16);1-2H3. The van der Waals surface area contributed by atoms with Gasteiger partial charge in [0.05, 0.1) is 5.56 Å². The number of amides is 2. The summed E-state index contributed by atoms with van der Waals surface area (Å²) in [6.45, 7) is 9.45. The number of nitrogens with two attached hydrogens (primary N) is 1. The summed E-state index contributed by atoms with van der Waals surface area (Å²) in [7, 11) is 0. The molecule has 0 bridgehead atoms. The second-order valence-corrected chi connectivity index (χ2v) is 4.05. The number of carbonyl (C=O) groups is 2. The minimum Gasteiger partial charge on any atom is -0.409 e. The third-order valence-electron chi connectivity index (χ3n) is 2.01. The van der Waals surface area contributed by atoms with Crippen LogP contribution >= 0.6 is 0 Å². The molecule has 106 valence electrons. The number of rotatable bonds is 3. The smallest absolute Gasteiger partial charge is 0.409 e. The van der Waals surface area contributed by atoms with E-state index in [0.717, 1.165) is 5.56 Å². The van der Waals surface area contributed by atoms with Crippen molar-refractivity contribution in [1.82, 2.24) is 5.32 Å². The zero-order valence-electron chi connectivity index (χ0n) is 12.1. The molecule has 0 saturated heterocycles. The van der Waals surface area contributed by atoms with E-state index in [1.54, 1.807) is 18.2 Å². The van der Waals surface area contributed by atoms with Crippen LogP contribution in [0.25, 0.3) is 0 Å². The van der Waals surface area contributed by atoms with Crippen LogP contribution in [0.3, 0.4) is 0 Å². The van der Waals surface area contributed by atoms with Crippen molar-refractivity contribution in [3.8, 4) is 5.75 Å². The van der Waals surface area contributed by atoms with E-state index in [1.165, 1.54) is 0 Å². The van der Waals surface area contributed by atoms with Crippen molar-refractivity contribution in [2.45, 2.75) is 40.7 Å². The number of nitrogens with one attached hydrogen (secondary N) is 1. The van der Waals surface area contributed by atoms with Crippen molar-refractivity contribution in [3.63, 3.8) is 0 Å². The average Bonchev–Trinajstić information content (AvgIpc) is 2.32. The molecule has 0 atom stereocenters. The predicted molar refractivity (Wildman–Crippen MR) is 75.3 cm³/mol. The molecule has 5 nitrogen and oxygen atoms in total. The molecule has 0 radical (unpaired) electrons. The minimum absolute atomic E-state index is 0.0371. The van der Waals surface area contributed by atoms with Crippen molar-refractivity contribution >= 4 is 12.0 Å². The number of ether oxygens (including phenoxy) is 1. The maximum atomic E-state index is 11.4. The van der Waals surface area contributed by atoms with Gasteiger partial charge in [-0.3, -0.25) is 4.79 Å². The van der Waals surface area contributed by atoms with E-state index >= 15 is 0 Å². The first kappa shape index (κ1) is 17.0. The SMILES string of the molecule is CC.Cc1ccc(OC(=O)NC(C)C)c(C(N)=O)c1. The Balaban J connectivity index is 0.00000154. The van der Waals surface area contributed by atoms with Gasteiger partial charge < -0.3 is 15.8 Å². The lowest BCUT2D eigenvalue weighted by Crippen LogP contribution is -2.33. The van der Waals surface area contributed by atoms with Gasteiger partial charge in [0.1, 0.15) is 5.75 Å². The summed E-state index contributed by atoms with van der Waals surface area (Å²) in [5.41, 5.74) is 6.28. The van der Waals surface area contributed by atoms with Gasteiger partial charge in [-0.25, -0.2) is 4.79 Å². The molecule has 0 aliphatic rings. The fraction of sp³-hybridized carbons (Fsp3) is 0.429. The van der Waals surface area contributed by atoms with Crippen molar-refractivity contribution in [3.05, 3.63) is 29.3 Å². The largest absolute Gasteiger partial charge is 0.412 e. The minimum atomic E-state index is -0.624. The van der Waals surface area contributed by atoms with E-state index in [0.29, 0.717) is 0 Å². The highest BCUT2D eigenvalue weighted by Crippen LogP contribution is 2.19. The van der Waals surface area contributed by atoms with Crippen LogP contribution in [0.5, 0.6) is 5.75 Å². The third-order valence-corrected chi connectivity index (χ3v) is 2.01. The monoisotopic (exact) mass is 266 g/mol. The molecule has 5 heteroatoms. The Morgan fingerprint density at radius 2 is 1.84 bits per heavy atom. The molecule has 3 N–H and O–H groups in total. The van der Waals surface area contributed by atoms with Gasteiger partial charge in [0.25, 0.3) is 5.91 Å². The molecule has 0 aliphatic carbocycles. The van der Waals surface area contributed by atoms with Gasteiger partial charge in [0.15, 0.2) is 0 Å². The van der Waals surface area contributed by atoms with Crippen molar-refractivity contribution < 1.29 is 14.3 Å². The Morgan fingerprint density at radius 1 is 1.26 bits per heavy atom. The zero-order valence-corrected chi connectivity index (χ0v) is 12.1. The van der Waals surface area contributed by atoms with Gasteiger partial charge in [0.2, 0.25) is 0 Å². The average molecular weight is 266 g/mol. The number of aryl methyl sites for hydroxylation is 1. The number of primary amides is 1. The molecule has 1 aromatic rings. The van der Waals surface area contributed by atoms with Crippen LogP contribution in [0.2, 0.25) is 0 Å². The van der Waals surface area contributed by atoms with E-state index in [9.17, 15) is 9.59 Å². The molecule has 0 aromatic heterocycles. The van der Waals surface area contributed by atoms with Crippen molar-refractivity contribution in [2.75, 3.05) is 0 Å². The number of hydrogen-bond acceptors (Lipinski definition) is 3. The Bertz CT molecular complexity index is 442. The summed E-state index contributed by atoms with van der Waals surface area (Å²) in [6, 6.07) is 4.84. The van der Waals surface area contributed by atoms with E-state index in [-0.39, 0.29) is 17.4 Å². The van der Waals surface area contributed by atoms with E-state index in [4.69, 9.17) is 10.5 Å². The molecule has 0 aliphatic heterocycles. The van der Waals surface area contributed by atoms with E-state index in [1.807, 2.05) is 34.6 Å². The maximum absolute atomic E-state index is 11.4. The third kappa shape index (κ3) is 5.90. The molecule has 19 heavy (non-hydrogen) atoms. The van der Waals surface area contributed by atoms with Crippen molar-refractivity contribution in [2.24, 2.45) is 5.73 Å². The van der Waals surface area contributed by atoms with Crippen LogP contribution in [-0.2, 0) is 0 Å². The van der Waals surface area contributed by atoms with E-state index < -0.39 is 12.0 Å². The fourth-order valence-electron chi connectivity index (χ4n) is 1.29. The summed E-state index contributed by atoms with van der Waals surface area (Å²) in [6.07, 6.45) is -0.605. The lowest BCUT2D eigenvalue weighted by molar-refractivity contribution is 0.0998. The second-order valence-electron chi connectivity index (χ2n) is 4.05. The Hall–Kier alpha value is -2.04. The summed E-state index contributed by atoms with van der Waals surface area (Å²) >= 11 is 0. The lowest BCUT2D eigenvalue weighted by atomic mass is 10.1. The van der Waals surface area contributed by atoms with Crippen LogP contribution in [-0.4, -0.2) is 18.0 Å². The molecule has 1 rings (SSSR count). The van der Waals surface area contributed by atoms with Crippen LogP contribution in [0, 0.1) is 6.92 Å². The number of hydrogen-bond donors (Lipinski definition) is 2. The zero-order chi connectivity index (χ0) is 15.0. The van der Waals surface area contributed by atoms with Gasteiger partial charge >= 0.3 is 6.09 Å². The van der Waals surface area contributed by atoms with E-state index in [2.05, 4.69) is 5.32 Å². The van der Waals surface area contributed by atoms with Gasteiger partial charge in [-0.05, 0) is 32.9 Å². The summed E-state index contributed by atoms with van der Waals surface area (Å²) in [5.74, 6) is -0.456. The van der Waals surface area contributed by atoms with Crippen LogP contribution in [0.15, 0.2) is 18.2 Å². The maximum Gasteiger partial charge on any atom is 0.412 e. The van der Waals surface area contributed by atoms with Crippen LogP contribution < -0.4 is 15.8 Å². The molecular formula is C14H22N2O3. The quantitative estimate of drug-likeness (QED) is 0.882. The Kier molecular flexibility index (Phi) is 7.26. The molecule has 2 amide bonds. The molecular weight excluding hydrogens is 244 g/mol. The molecule has 0 saturated carbocycles.